The van der Waals surface area contributed by atoms with Crippen LogP contribution in [0.3, 0.4) is 0 Å². The van der Waals surface area contributed by atoms with Gasteiger partial charge in [0.2, 0.25) is 5.91 Å². The summed E-state index contributed by atoms with van der Waals surface area (Å²) in [5.74, 6) is -0.0814. The third-order valence-electron chi connectivity index (χ3n) is 5.90. The highest BCUT2D eigenvalue weighted by Crippen LogP contribution is 2.41. The molecular formula is C20H29N3O2. The van der Waals surface area contributed by atoms with Crippen LogP contribution in [0.2, 0.25) is 0 Å². The number of urea groups is 1. The molecule has 2 fully saturated rings. The van der Waals surface area contributed by atoms with E-state index in [4.69, 9.17) is 5.73 Å². The lowest BCUT2D eigenvalue weighted by molar-refractivity contribution is -0.126. The molecule has 1 aromatic carbocycles. The molecular weight excluding hydrogens is 314 g/mol. The first kappa shape index (κ1) is 17.8. The molecule has 136 valence electrons. The number of nitrogens with two attached hydrogens (primary N) is 1. The number of piperidine rings is 1. The van der Waals surface area contributed by atoms with E-state index in [9.17, 15) is 9.59 Å². The van der Waals surface area contributed by atoms with Crippen LogP contribution >= 0.6 is 0 Å². The van der Waals surface area contributed by atoms with Crippen molar-refractivity contribution in [2.24, 2.45) is 11.7 Å². The predicted molar refractivity (Wildman–Crippen MR) is 98.2 cm³/mol. The first-order valence-electron chi connectivity index (χ1n) is 9.39. The molecule has 25 heavy (non-hydrogen) atoms. The Morgan fingerprint density at radius 1 is 1.28 bits per heavy atom. The highest BCUT2D eigenvalue weighted by molar-refractivity contribution is 5.80. The normalized spacial score (nSPS) is 22.6. The Morgan fingerprint density at radius 3 is 2.72 bits per heavy atom. The van der Waals surface area contributed by atoms with Crippen molar-refractivity contribution in [3.63, 3.8) is 0 Å². The maximum atomic E-state index is 12.7. The van der Waals surface area contributed by atoms with Gasteiger partial charge < -0.3 is 16.0 Å². The second-order valence-corrected chi connectivity index (χ2v) is 7.70. The van der Waals surface area contributed by atoms with Gasteiger partial charge in [0.1, 0.15) is 0 Å². The fourth-order valence-electron chi connectivity index (χ4n) is 4.39. The fourth-order valence-corrected chi connectivity index (χ4v) is 4.39. The van der Waals surface area contributed by atoms with Crippen LogP contribution in [0.4, 0.5) is 4.79 Å². The molecule has 3 amide bonds. The standard InChI is InChI=1S/C20H29N3O2/c1-15-6-4-8-17(12-15)20(9-2-3-10-20)14-22-18(24)16-7-5-11-23(13-16)19(21)25/h4,6,8,12,16H,2-3,5,7,9-11,13-14H2,1H3,(H2,21,25)(H,22,24)/t16-/m1/s1. The van der Waals surface area contributed by atoms with E-state index in [1.165, 1.54) is 24.0 Å². The van der Waals surface area contributed by atoms with Crippen molar-refractivity contribution in [1.82, 2.24) is 10.2 Å². The molecule has 0 aromatic heterocycles. The van der Waals surface area contributed by atoms with Gasteiger partial charge in [-0.15, -0.1) is 0 Å². The van der Waals surface area contributed by atoms with Gasteiger partial charge in [0, 0.05) is 25.0 Å². The van der Waals surface area contributed by atoms with Crippen LogP contribution in [-0.2, 0) is 10.2 Å². The molecule has 5 nitrogen and oxygen atoms in total. The number of likely N-dealkylation sites (tertiary alicyclic amines) is 1. The lowest BCUT2D eigenvalue weighted by Gasteiger charge is -2.33. The van der Waals surface area contributed by atoms with Crippen LogP contribution in [0.5, 0.6) is 0 Å². The van der Waals surface area contributed by atoms with E-state index in [1.807, 2.05) is 0 Å². The lowest BCUT2D eigenvalue weighted by atomic mass is 9.78. The van der Waals surface area contributed by atoms with Gasteiger partial charge in [-0.3, -0.25) is 4.79 Å². The summed E-state index contributed by atoms with van der Waals surface area (Å²) in [7, 11) is 0. The van der Waals surface area contributed by atoms with E-state index < -0.39 is 6.03 Å². The summed E-state index contributed by atoms with van der Waals surface area (Å²) < 4.78 is 0. The fraction of sp³-hybridized carbons (Fsp3) is 0.600. The SMILES string of the molecule is Cc1cccc(C2(CNC(=O)[C@@H]3CCCN(C(N)=O)C3)CCCC2)c1. The molecule has 1 saturated carbocycles. The third kappa shape index (κ3) is 3.97. The molecule has 0 radical (unpaired) electrons. The molecule has 1 atom stereocenters. The average molecular weight is 343 g/mol. The molecule has 0 spiro atoms. The Kier molecular flexibility index (Phi) is 5.30. The molecule has 5 heteroatoms. The van der Waals surface area contributed by atoms with Crippen molar-refractivity contribution in [2.45, 2.75) is 50.9 Å². The van der Waals surface area contributed by atoms with Gasteiger partial charge in [0.25, 0.3) is 0 Å². The number of hydrogen-bond acceptors (Lipinski definition) is 2. The van der Waals surface area contributed by atoms with Gasteiger partial charge in [-0.25, -0.2) is 4.79 Å². The smallest absolute Gasteiger partial charge is 0.314 e. The van der Waals surface area contributed by atoms with Crippen LogP contribution in [0, 0.1) is 12.8 Å². The van der Waals surface area contributed by atoms with Crippen molar-refractivity contribution in [3.8, 4) is 0 Å². The van der Waals surface area contributed by atoms with Gasteiger partial charge in [-0.2, -0.15) is 0 Å². The van der Waals surface area contributed by atoms with Gasteiger partial charge in [-0.05, 0) is 38.2 Å². The Hall–Kier alpha value is -2.04. The molecule has 1 aliphatic carbocycles. The minimum atomic E-state index is -0.426. The monoisotopic (exact) mass is 343 g/mol. The van der Waals surface area contributed by atoms with Crippen molar-refractivity contribution in [3.05, 3.63) is 35.4 Å². The van der Waals surface area contributed by atoms with E-state index in [1.54, 1.807) is 4.90 Å². The molecule has 3 N–H and O–H groups in total. The Labute approximate surface area is 150 Å². The van der Waals surface area contributed by atoms with Gasteiger partial charge >= 0.3 is 6.03 Å². The maximum Gasteiger partial charge on any atom is 0.314 e. The highest BCUT2D eigenvalue weighted by atomic mass is 16.2. The number of nitrogens with one attached hydrogen (secondary N) is 1. The van der Waals surface area contributed by atoms with E-state index in [-0.39, 0.29) is 17.2 Å². The average Bonchev–Trinajstić information content (AvgIpc) is 3.10. The van der Waals surface area contributed by atoms with Gasteiger partial charge in [-0.1, -0.05) is 42.7 Å². The van der Waals surface area contributed by atoms with Crippen molar-refractivity contribution in [2.75, 3.05) is 19.6 Å². The maximum absolute atomic E-state index is 12.7. The van der Waals surface area contributed by atoms with Gasteiger partial charge in [0.05, 0.1) is 5.92 Å². The first-order valence-corrected chi connectivity index (χ1v) is 9.39. The number of rotatable bonds is 4. The van der Waals surface area contributed by atoms with Crippen LogP contribution in [0.1, 0.15) is 49.7 Å². The highest BCUT2D eigenvalue weighted by Gasteiger charge is 2.37. The van der Waals surface area contributed by atoms with Crippen LogP contribution in [0.15, 0.2) is 24.3 Å². The second-order valence-electron chi connectivity index (χ2n) is 7.70. The number of hydrogen-bond donors (Lipinski definition) is 2. The molecule has 0 bridgehead atoms. The molecule has 1 aliphatic heterocycles. The first-order chi connectivity index (χ1) is 12.0. The summed E-state index contributed by atoms with van der Waals surface area (Å²) in [6.07, 6.45) is 6.33. The number of primary amides is 1. The number of aryl methyl sites for hydroxylation is 1. The van der Waals surface area contributed by atoms with Crippen LogP contribution in [-0.4, -0.2) is 36.5 Å². The molecule has 1 saturated heterocycles. The summed E-state index contributed by atoms with van der Waals surface area (Å²) >= 11 is 0. The van der Waals surface area contributed by atoms with E-state index in [2.05, 4.69) is 36.5 Å². The minimum Gasteiger partial charge on any atom is -0.355 e. The van der Waals surface area contributed by atoms with E-state index in [0.717, 1.165) is 25.7 Å². The molecule has 1 heterocycles. The molecule has 3 rings (SSSR count). The van der Waals surface area contributed by atoms with Crippen molar-refractivity contribution >= 4 is 11.9 Å². The van der Waals surface area contributed by atoms with Crippen molar-refractivity contribution in [1.29, 1.82) is 0 Å². The number of amides is 3. The largest absolute Gasteiger partial charge is 0.355 e. The summed E-state index contributed by atoms with van der Waals surface area (Å²) in [5.41, 5.74) is 8.03. The number of nitrogens with zero attached hydrogens (tertiary/aromatic N) is 1. The number of carbonyl (C=O) groups excluding carboxylic acids is 2. The second kappa shape index (κ2) is 7.46. The number of carbonyl (C=O) groups is 2. The van der Waals surface area contributed by atoms with Crippen molar-refractivity contribution < 1.29 is 9.59 Å². The predicted octanol–water partition coefficient (Wildman–Crippen LogP) is 2.71. The Bertz CT molecular complexity index is 638. The zero-order valence-corrected chi connectivity index (χ0v) is 15.1. The molecule has 2 aliphatic rings. The lowest BCUT2D eigenvalue weighted by Crippen LogP contribution is -2.49. The number of benzene rings is 1. The topological polar surface area (TPSA) is 75.4 Å². The summed E-state index contributed by atoms with van der Waals surface area (Å²) in [5, 5.41) is 3.19. The zero-order valence-electron chi connectivity index (χ0n) is 15.1. The van der Waals surface area contributed by atoms with E-state index >= 15 is 0 Å². The molecule has 0 unspecified atom stereocenters. The Balaban J connectivity index is 1.66. The zero-order chi connectivity index (χ0) is 17.9. The third-order valence-corrected chi connectivity index (χ3v) is 5.90. The summed E-state index contributed by atoms with van der Waals surface area (Å²) in [6, 6.07) is 8.25. The minimum absolute atomic E-state index is 0.0553. The summed E-state index contributed by atoms with van der Waals surface area (Å²) in [6.45, 7) is 3.90. The van der Waals surface area contributed by atoms with E-state index in [0.29, 0.717) is 19.6 Å². The Morgan fingerprint density at radius 2 is 2.04 bits per heavy atom. The quantitative estimate of drug-likeness (QED) is 0.882. The van der Waals surface area contributed by atoms with Gasteiger partial charge in [0.15, 0.2) is 0 Å². The van der Waals surface area contributed by atoms with Crippen LogP contribution in [0.25, 0.3) is 0 Å². The summed E-state index contributed by atoms with van der Waals surface area (Å²) in [4.78, 5) is 25.6. The van der Waals surface area contributed by atoms with Crippen LogP contribution < -0.4 is 11.1 Å². The molecule has 1 aromatic rings.